The molecule has 1 heterocycles. The van der Waals surface area contributed by atoms with E-state index in [9.17, 15) is 4.79 Å². The lowest BCUT2D eigenvalue weighted by Gasteiger charge is -2.15. The Bertz CT molecular complexity index is 678. The van der Waals surface area contributed by atoms with Crippen molar-refractivity contribution in [1.82, 2.24) is 9.78 Å². The molecule has 0 radical (unpaired) electrons. The molecule has 0 atom stereocenters. The molecular weight excluding hydrogens is 302 g/mol. The Balaban J connectivity index is 1.83. The van der Waals surface area contributed by atoms with E-state index in [0.717, 1.165) is 12.8 Å². The molecule has 1 N–H and O–H groups in total. The Morgan fingerprint density at radius 1 is 1.36 bits per heavy atom. The van der Waals surface area contributed by atoms with Crippen LogP contribution in [0.5, 0.6) is 5.75 Å². The molecule has 1 amide bonds. The van der Waals surface area contributed by atoms with Crippen LogP contribution < -0.4 is 10.1 Å². The lowest BCUT2D eigenvalue weighted by Crippen LogP contribution is -2.18. The molecule has 22 heavy (non-hydrogen) atoms. The van der Waals surface area contributed by atoms with Crippen molar-refractivity contribution in [3.8, 4) is 5.75 Å². The summed E-state index contributed by atoms with van der Waals surface area (Å²) >= 11 is 5.98. The molecule has 1 aliphatic carbocycles. The van der Waals surface area contributed by atoms with E-state index in [0.29, 0.717) is 28.2 Å². The van der Waals surface area contributed by atoms with Gasteiger partial charge in [0.05, 0.1) is 24.9 Å². The van der Waals surface area contributed by atoms with Crippen molar-refractivity contribution < 1.29 is 9.53 Å². The van der Waals surface area contributed by atoms with E-state index in [4.69, 9.17) is 16.3 Å². The van der Waals surface area contributed by atoms with Gasteiger partial charge in [-0.25, -0.2) is 4.68 Å². The highest BCUT2D eigenvalue weighted by Crippen LogP contribution is 2.31. The lowest BCUT2D eigenvalue weighted by molar-refractivity contribution is 0.102. The van der Waals surface area contributed by atoms with Gasteiger partial charge in [0.15, 0.2) is 0 Å². The minimum Gasteiger partial charge on any atom is -0.496 e. The fourth-order valence-electron chi connectivity index (χ4n) is 2.89. The first-order valence-electron chi connectivity index (χ1n) is 7.37. The highest BCUT2D eigenvalue weighted by Gasteiger charge is 2.21. The maximum atomic E-state index is 12.5. The summed E-state index contributed by atoms with van der Waals surface area (Å²) in [6, 6.07) is 7.16. The second-order valence-electron chi connectivity index (χ2n) is 5.40. The van der Waals surface area contributed by atoms with E-state index in [1.807, 2.05) is 10.7 Å². The molecule has 0 spiro atoms. The number of benzene rings is 1. The largest absolute Gasteiger partial charge is 0.496 e. The number of aromatic nitrogens is 2. The van der Waals surface area contributed by atoms with E-state index < -0.39 is 0 Å². The molecule has 1 aromatic carbocycles. The Morgan fingerprint density at radius 2 is 2.14 bits per heavy atom. The first-order valence-corrected chi connectivity index (χ1v) is 7.75. The number of hydrogen-bond acceptors (Lipinski definition) is 3. The molecule has 0 unspecified atom stereocenters. The summed E-state index contributed by atoms with van der Waals surface area (Å²) in [7, 11) is 1.53. The third kappa shape index (κ3) is 2.95. The number of nitrogens with zero attached hydrogens (tertiary/aromatic N) is 2. The predicted octanol–water partition coefficient (Wildman–Crippen LogP) is 3.91. The molecular formula is C16H18ClN3O2. The van der Waals surface area contributed by atoms with Crippen molar-refractivity contribution in [3.63, 3.8) is 0 Å². The van der Waals surface area contributed by atoms with Crippen molar-refractivity contribution in [2.45, 2.75) is 31.7 Å². The van der Waals surface area contributed by atoms with Gasteiger partial charge >= 0.3 is 0 Å². The topological polar surface area (TPSA) is 56.1 Å². The Hall–Kier alpha value is -2.01. The number of anilines is 1. The second kappa shape index (κ2) is 6.40. The molecule has 1 fully saturated rings. The number of carbonyl (C=O) groups excluding carboxylic acids is 1. The van der Waals surface area contributed by atoms with Crippen LogP contribution in [-0.4, -0.2) is 22.8 Å². The number of methoxy groups -OCH3 is 1. The van der Waals surface area contributed by atoms with Gasteiger partial charge in [-0.15, -0.1) is 0 Å². The number of carbonyl (C=O) groups is 1. The van der Waals surface area contributed by atoms with E-state index in [-0.39, 0.29) is 5.91 Å². The third-order valence-corrected chi connectivity index (χ3v) is 4.22. The molecule has 0 bridgehead atoms. The molecule has 5 nitrogen and oxygen atoms in total. The summed E-state index contributed by atoms with van der Waals surface area (Å²) in [6.07, 6.45) is 6.33. The van der Waals surface area contributed by atoms with Gasteiger partial charge in [-0.3, -0.25) is 4.79 Å². The van der Waals surface area contributed by atoms with Gasteiger partial charge in [-0.05, 0) is 31.0 Å². The normalized spacial score (nSPS) is 15.0. The molecule has 1 saturated carbocycles. The van der Waals surface area contributed by atoms with Gasteiger partial charge in [-0.2, -0.15) is 5.10 Å². The number of amides is 1. The Labute approximate surface area is 134 Å². The minimum absolute atomic E-state index is 0.251. The van der Waals surface area contributed by atoms with Crippen LogP contribution in [0.1, 0.15) is 42.1 Å². The van der Waals surface area contributed by atoms with Crippen LogP contribution in [0.25, 0.3) is 0 Å². The number of hydrogen-bond donors (Lipinski definition) is 1. The second-order valence-corrected chi connectivity index (χ2v) is 5.83. The van der Waals surface area contributed by atoms with Crippen LogP contribution >= 0.6 is 11.6 Å². The van der Waals surface area contributed by atoms with Crippen LogP contribution in [0, 0.1) is 0 Å². The fraction of sp³-hybridized carbons (Fsp3) is 0.375. The van der Waals surface area contributed by atoms with Gasteiger partial charge in [0.2, 0.25) is 0 Å². The van der Waals surface area contributed by atoms with Crippen LogP contribution in [0.2, 0.25) is 5.02 Å². The van der Waals surface area contributed by atoms with Crippen LogP contribution in [0.15, 0.2) is 30.5 Å². The Morgan fingerprint density at radius 3 is 2.86 bits per heavy atom. The van der Waals surface area contributed by atoms with Crippen LogP contribution in [0.3, 0.4) is 0 Å². The zero-order valence-electron chi connectivity index (χ0n) is 12.4. The van der Waals surface area contributed by atoms with E-state index >= 15 is 0 Å². The molecule has 6 heteroatoms. The predicted molar refractivity (Wildman–Crippen MR) is 85.7 cm³/mol. The first-order chi connectivity index (χ1) is 10.7. The average Bonchev–Trinajstić information content (AvgIpc) is 3.17. The monoisotopic (exact) mass is 319 g/mol. The van der Waals surface area contributed by atoms with E-state index in [2.05, 4.69) is 10.4 Å². The van der Waals surface area contributed by atoms with Gasteiger partial charge in [0, 0.05) is 11.1 Å². The quantitative estimate of drug-likeness (QED) is 0.929. The molecule has 1 aromatic heterocycles. The van der Waals surface area contributed by atoms with Crippen molar-refractivity contribution >= 4 is 23.3 Å². The van der Waals surface area contributed by atoms with Crippen molar-refractivity contribution in [2.75, 3.05) is 12.4 Å². The molecule has 116 valence electrons. The molecule has 3 rings (SSSR count). The first kappa shape index (κ1) is 14.9. The zero-order valence-corrected chi connectivity index (χ0v) is 13.1. The zero-order chi connectivity index (χ0) is 15.5. The van der Waals surface area contributed by atoms with Crippen molar-refractivity contribution in [2.24, 2.45) is 0 Å². The molecule has 0 saturated heterocycles. The smallest absolute Gasteiger partial charge is 0.260 e. The lowest BCUT2D eigenvalue weighted by atomic mass is 10.2. The summed E-state index contributed by atoms with van der Waals surface area (Å²) in [4.78, 5) is 12.5. The van der Waals surface area contributed by atoms with Gasteiger partial charge in [-0.1, -0.05) is 24.4 Å². The molecule has 0 aliphatic heterocycles. The van der Waals surface area contributed by atoms with Gasteiger partial charge in [0.25, 0.3) is 5.91 Å². The number of halogens is 1. The minimum atomic E-state index is -0.251. The molecule has 2 aromatic rings. The van der Waals surface area contributed by atoms with Crippen LogP contribution in [0.4, 0.5) is 5.82 Å². The summed E-state index contributed by atoms with van der Waals surface area (Å²) in [6.45, 7) is 0. The molecule has 1 aliphatic rings. The fourth-order valence-corrected chi connectivity index (χ4v) is 3.07. The summed E-state index contributed by atoms with van der Waals surface area (Å²) in [5.41, 5.74) is 0.411. The third-order valence-electron chi connectivity index (χ3n) is 3.99. The number of ether oxygens (including phenoxy) is 1. The van der Waals surface area contributed by atoms with Crippen LogP contribution in [-0.2, 0) is 0 Å². The average molecular weight is 320 g/mol. The summed E-state index contributed by atoms with van der Waals surface area (Å²) < 4.78 is 7.13. The summed E-state index contributed by atoms with van der Waals surface area (Å²) in [5.74, 6) is 0.951. The SMILES string of the molecule is COc1ccc(Cl)cc1C(=O)Nc1ccnn1C1CCCC1. The maximum absolute atomic E-state index is 12.5. The number of rotatable bonds is 4. The highest BCUT2D eigenvalue weighted by molar-refractivity contribution is 6.31. The van der Waals surface area contributed by atoms with Gasteiger partial charge in [0.1, 0.15) is 11.6 Å². The number of nitrogens with one attached hydrogen (secondary N) is 1. The maximum Gasteiger partial charge on any atom is 0.260 e. The van der Waals surface area contributed by atoms with Crippen molar-refractivity contribution in [3.05, 3.63) is 41.0 Å². The van der Waals surface area contributed by atoms with Gasteiger partial charge < -0.3 is 10.1 Å². The van der Waals surface area contributed by atoms with E-state index in [1.54, 1.807) is 24.4 Å². The van der Waals surface area contributed by atoms with Crippen molar-refractivity contribution in [1.29, 1.82) is 0 Å². The highest BCUT2D eigenvalue weighted by atomic mass is 35.5. The standard InChI is InChI=1S/C16H18ClN3O2/c1-22-14-7-6-11(17)10-13(14)16(21)19-15-8-9-18-20(15)12-4-2-3-5-12/h6-10,12H,2-5H2,1H3,(H,19,21). The Kier molecular flexibility index (Phi) is 4.34. The summed E-state index contributed by atoms with van der Waals surface area (Å²) in [5, 5.41) is 7.75. The van der Waals surface area contributed by atoms with E-state index in [1.165, 1.54) is 20.0 Å².